The van der Waals surface area contributed by atoms with Gasteiger partial charge in [0.1, 0.15) is 5.92 Å². The van der Waals surface area contributed by atoms with E-state index in [0.717, 1.165) is 6.07 Å². The van der Waals surface area contributed by atoms with Crippen molar-refractivity contribution in [1.82, 2.24) is 0 Å². The Morgan fingerprint density at radius 1 is 1.19 bits per heavy atom. The molecular formula is C14H12ClNO5. The molecular weight excluding hydrogens is 298 g/mol. The van der Waals surface area contributed by atoms with Crippen LogP contribution in [0.1, 0.15) is 36.0 Å². The molecule has 6 nitrogen and oxygen atoms in total. The van der Waals surface area contributed by atoms with E-state index in [-0.39, 0.29) is 23.4 Å². The number of hydrogen-bond acceptors (Lipinski definition) is 5. The first-order chi connectivity index (χ1) is 9.91. The van der Waals surface area contributed by atoms with Crippen LogP contribution in [0.4, 0.5) is 5.69 Å². The number of Topliss-reactive ketones (excluding diaryl/α,β-unsaturated/α-hetero) is 3. The van der Waals surface area contributed by atoms with Crippen molar-refractivity contribution in [3.8, 4) is 0 Å². The number of carbonyl (C=O) groups is 3. The molecule has 1 saturated carbocycles. The lowest BCUT2D eigenvalue weighted by Gasteiger charge is -2.11. The van der Waals surface area contributed by atoms with Crippen molar-refractivity contribution in [2.24, 2.45) is 5.92 Å². The van der Waals surface area contributed by atoms with E-state index in [4.69, 9.17) is 11.6 Å². The van der Waals surface area contributed by atoms with Crippen molar-refractivity contribution in [3.05, 3.63) is 38.9 Å². The van der Waals surface area contributed by atoms with Gasteiger partial charge in [-0.05, 0) is 25.0 Å². The zero-order valence-electron chi connectivity index (χ0n) is 11.0. The summed E-state index contributed by atoms with van der Waals surface area (Å²) >= 11 is 5.69. The van der Waals surface area contributed by atoms with E-state index >= 15 is 0 Å². The number of carbonyl (C=O) groups excluding carboxylic acids is 3. The summed E-state index contributed by atoms with van der Waals surface area (Å²) in [6.45, 7) is 0. The van der Waals surface area contributed by atoms with E-state index in [1.165, 1.54) is 12.1 Å². The van der Waals surface area contributed by atoms with Crippen LogP contribution in [0, 0.1) is 16.0 Å². The third kappa shape index (κ3) is 3.16. The number of rotatable bonds is 3. The van der Waals surface area contributed by atoms with E-state index in [1.807, 2.05) is 0 Å². The van der Waals surface area contributed by atoms with Gasteiger partial charge in [0.25, 0.3) is 5.69 Å². The molecule has 0 heterocycles. The molecule has 1 aliphatic carbocycles. The second kappa shape index (κ2) is 6.13. The number of nitrogens with zero attached hydrogens (tertiary/aromatic N) is 1. The predicted octanol–water partition coefficient (Wildman–Crippen LogP) is 2.76. The standard InChI is InChI=1S/C14H12ClNO5/c15-8-5-6-9(10(7-8)16(20)21)14(19)13-11(17)3-1-2-4-12(13)18/h5-7,13H,1-4H2. The molecule has 0 spiro atoms. The molecule has 0 aliphatic heterocycles. The molecule has 21 heavy (non-hydrogen) atoms. The van der Waals surface area contributed by atoms with Crippen LogP contribution in [-0.4, -0.2) is 22.3 Å². The average molecular weight is 310 g/mol. The first kappa shape index (κ1) is 15.3. The molecule has 1 aromatic rings. The van der Waals surface area contributed by atoms with Crippen molar-refractivity contribution in [1.29, 1.82) is 0 Å². The topological polar surface area (TPSA) is 94.3 Å². The Hall–Kier alpha value is -2.08. The Balaban J connectivity index is 2.45. The number of ketones is 3. The predicted molar refractivity (Wildman–Crippen MR) is 74.4 cm³/mol. The van der Waals surface area contributed by atoms with Gasteiger partial charge in [-0.2, -0.15) is 0 Å². The molecule has 1 aliphatic rings. The molecule has 110 valence electrons. The van der Waals surface area contributed by atoms with E-state index in [1.54, 1.807) is 0 Å². The third-order valence-electron chi connectivity index (χ3n) is 3.42. The molecule has 0 aromatic heterocycles. The third-order valence-corrected chi connectivity index (χ3v) is 3.66. The molecule has 0 saturated heterocycles. The molecule has 7 heteroatoms. The Morgan fingerprint density at radius 3 is 2.29 bits per heavy atom. The van der Waals surface area contributed by atoms with Crippen LogP contribution < -0.4 is 0 Å². The molecule has 0 atom stereocenters. The summed E-state index contributed by atoms with van der Waals surface area (Å²) in [6.07, 6.45) is 1.39. The Bertz CT molecular complexity index is 622. The van der Waals surface area contributed by atoms with Crippen LogP contribution in [0.5, 0.6) is 0 Å². The van der Waals surface area contributed by atoms with Crippen LogP contribution in [0.2, 0.25) is 5.02 Å². The molecule has 2 rings (SSSR count). The lowest BCUT2D eigenvalue weighted by atomic mass is 9.88. The minimum atomic E-state index is -1.42. The molecule has 0 bridgehead atoms. The summed E-state index contributed by atoms with van der Waals surface area (Å²) in [5.74, 6) is -3.17. The number of nitro groups is 1. The molecule has 1 fully saturated rings. The highest BCUT2D eigenvalue weighted by Crippen LogP contribution is 2.28. The van der Waals surface area contributed by atoms with Gasteiger partial charge in [-0.25, -0.2) is 0 Å². The zero-order chi connectivity index (χ0) is 15.6. The first-order valence-electron chi connectivity index (χ1n) is 6.45. The van der Waals surface area contributed by atoms with Crippen LogP contribution >= 0.6 is 11.6 Å². The lowest BCUT2D eigenvalue weighted by molar-refractivity contribution is -0.385. The minimum Gasteiger partial charge on any atom is -0.298 e. The molecule has 0 unspecified atom stereocenters. The molecule has 0 amide bonds. The van der Waals surface area contributed by atoms with E-state index in [0.29, 0.717) is 12.8 Å². The Kier molecular flexibility index (Phi) is 4.47. The van der Waals surface area contributed by atoms with Crippen molar-refractivity contribution in [2.45, 2.75) is 25.7 Å². The highest BCUT2D eigenvalue weighted by molar-refractivity contribution is 6.31. The SMILES string of the molecule is O=C1CCCCC(=O)C1C(=O)c1ccc(Cl)cc1[N+](=O)[O-]. The minimum absolute atomic E-state index is 0.108. The second-order valence-electron chi connectivity index (χ2n) is 4.86. The van der Waals surface area contributed by atoms with Crippen LogP contribution in [0.3, 0.4) is 0 Å². The summed E-state index contributed by atoms with van der Waals surface area (Å²) in [5, 5.41) is 11.1. The van der Waals surface area contributed by atoms with Gasteiger partial charge in [-0.1, -0.05) is 11.6 Å². The molecule has 0 radical (unpaired) electrons. The number of hydrogen-bond donors (Lipinski definition) is 0. The number of benzene rings is 1. The van der Waals surface area contributed by atoms with Gasteiger partial charge in [0.15, 0.2) is 17.3 Å². The van der Waals surface area contributed by atoms with Gasteiger partial charge >= 0.3 is 0 Å². The molecule has 0 N–H and O–H groups in total. The maximum Gasteiger partial charge on any atom is 0.281 e. The Morgan fingerprint density at radius 2 is 1.76 bits per heavy atom. The van der Waals surface area contributed by atoms with Gasteiger partial charge in [0.2, 0.25) is 0 Å². The van der Waals surface area contributed by atoms with Crippen LogP contribution in [0.15, 0.2) is 18.2 Å². The first-order valence-corrected chi connectivity index (χ1v) is 6.83. The number of nitro benzene ring substituents is 1. The summed E-state index contributed by atoms with van der Waals surface area (Å²) in [7, 11) is 0. The fourth-order valence-corrected chi connectivity index (χ4v) is 2.55. The van der Waals surface area contributed by atoms with Crippen molar-refractivity contribution in [2.75, 3.05) is 0 Å². The van der Waals surface area contributed by atoms with Crippen LogP contribution in [0.25, 0.3) is 0 Å². The summed E-state index contributed by atoms with van der Waals surface area (Å²) < 4.78 is 0. The maximum atomic E-state index is 12.4. The maximum absolute atomic E-state index is 12.4. The summed E-state index contributed by atoms with van der Waals surface area (Å²) in [4.78, 5) is 46.6. The quantitative estimate of drug-likeness (QED) is 0.281. The zero-order valence-corrected chi connectivity index (χ0v) is 11.8. The summed E-state index contributed by atoms with van der Waals surface area (Å²) in [5.41, 5.74) is -0.740. The lowest BCUT2D eigenvalue weighted by Crippen LogP contribution is -2.30. The average Bonchev–Trinajstić information content (AvgIpc) is 2.59. The van der Waals surface area contributed by atoms with Crippen molar-refractivity contribution < 1.29 is 19.3 Å². The highest BCUT2D eigenvalue weighted by atomic mass is 35.5. The van der Waals surface area contributed by atoms with Crippen molar-refractivity contribution >= 4 is 34.6 Å². The van der Waals surface area contributed by atoms with Gasteiger partial charge in [0, 0.05) is 23.9 Å². The van der Waals surface area contributed by atoms with E-state index in [9.17, 15) is 24.5 Å². The molecule has 1 aromatic carbocycles. The fraction of sp³-hybridized carbons (Fsp3) is 0.357. The highest BCUT2D eigenvalue weighted by Gasteiger charge is 2.37. The van der Waals surface area contributed by atoms with Gasteiger partial charge in [-0.3, -0.25) is 24.5 Å². The van der Waals surface area contributed by atoms with E-state index < -0.39 is 33.9 Å². The fourth-order valence-electron chi connectivity index (χ4n) is 2.38. The Labute approximate surface area is 125 Å². The van der Waals surface area contributed by atoms with Crippen molar-refractivity contribution in [3.63, 3.8) is 0 Å². The van der Waals surface area contributed by atoms with Gasteiger partial charge in [0.05, 0.1) is 10.5 Å². The largest absolute Gasteiger partial charge is 0.298 e. The van der Waals surface area contributed by atoms with Gasteiger partial charge in [-0.15, -0.1) is 0 Å². The second-order valence-corrected chi connectivity index (χ2v) is 5.29. The van der Waals surface area contributed by atoms with E-state index in [2.05, 4.69) is 0 Å². The van der Waals surface area contributed by atoms with Crippen LogP contribution in [-0.2, 0) is 9.59 Å². The van der Waals surface area contributed by atoms with Gasteiger partial charge < -0.3 is 0 Å². The smallest absolute Gasteiger partial charge is 0.281 e. The monoisotopic (exact) mass is 309 g/mol. The normalized spacial score (nSPS) is 16.6. The number of halogens is 1. The summed E-state index contributed by atoms with van der Waals surface area (Å²) in [6, 6.07) is 3.56.